The van der Waals surface area contributed by atoms with Gasteiger partial charge in [0.1, 0.15) is 0 Å². The summed E-state index contributed by atoms with van der Waals surface area (Å²) < 4.78 is 19.3. The number of morpholine rings is 1. The minimum absolute atomic E-state index is 0.124. The highest BCUT2D eigenvalue weighted by Crippen LogP contribution is 2.26. The number of pyridine rings is 1. The van der Waals surface area contributed by atoms with Crippen LogP contribution in [0.4, 0.5) is 16.2 Å². The molecule has 24 heavy (non-hydrogen) atoms. The molecule has 0 radical (unpaired) electrons. The monoisotopic (exact) mass is 327 g/mol. The first-order valence-electron chi connectivity index (χ1n) is 7.46. The van der Waals surface area contributed by atoms with Gasteiger partial charge in [-0.05, 0) is 12.1 Å². The summed E-state index contributed by atoms with van der Waals surface area (Å²) in [7, 11) is 0. The fourth-order valence-corrected chi connectivity index (χ4v) is 2.61. The molecule has 0 aromatic carbocycles. The number of halogens is 1. The Hall–Kier alpha value is -2.94. The Morgan fingerprint density at radius 3 is 2.75 bits per heavy atom. The van der Waals surface area contributed by atoms with Crippen molar-refractivity contribution >= 4 is 22.9 Å². The van der Waals surface area contributed by atoms with Gasteiger partial charge in [-0.2, -0.15) is 14.4 Å². The van der Waals surface area contributed by atoms with Crippen molar-refractivity contribution < 1.29 is 9.13 Å². The van der Waals surface area contributed by atoms with Crippen LogP contribution in [0.3, 0.4) is 0 Å². The predicted molar refractivity (Wildman–Crippen MR) is 85.8 cm³/mol. The van der Waals surface area contributed by atoms with Crippen molar-refractivity contribution in [3.63, 3.8) is 0 Å². The molecule has 4 heterocycles. The van der Waals surface area contributed by atoms with Gasteiger partial charge in [0, 0.05) is 19.3 Å². The third-order valence-corrected chi connectivity index (χ3v) is 3.75. The van der Waals surface area contributed by atoms with E-state index in [1.807, 2.05) is 4.90 Å². The van der Waals surface area contributed by atoms with Crippen LogP contribution >= 0.6 is 0 Å². The normalized spacial score (nSPS) is 15.0. The summed E-state index contributed by atoms with van der Waals surface area (Å²) >= 11 is 0. The Labute approximate surface area is 136 Å². The lowest BCUT2D eigenvalue weighted by Crippen LogP contribution is -2.37. The molecule has 0 unspecified atom stereocenters. The zero-order valence-corrected chi connectivity index (χ0v) is 12.7. The van der Waals surface area contributed by atoms with E-state index in [0.717, 1.165) is 0 Å². The van der Waals surface area contributed by atoms with Gasteiger partial charge in [-0.15, -0.1) is 0 Å². The van der Waals surface area contributed by atoms with Crippen LogP contribution < -0.4 is 10.6 Å². The zero-order chi connectivity index (χ0) is 16.5. The van der Waals surface area contributed by atoms with Crippen molar-refractivity contribution in [1.29, 1.82) is 0 Å². The molecule has 8 nitrogen and oxygen atoms in total. The Morgan fingerprint density at radius 2 is 1.96 bits per heavy atom. The molecule has 3 aromatic heterocycles. The van der Waals surface area contributed by atoms with Crippen LogP contribution in [0.25, 0.3) is 22.4 Å². The van der Waals surface area contributed by atoms with E-state index < -0.39 is 5.95 Å². The first kappa shape index (κ1) is 14.6. The lowest BCUT2D eigenvalue weighted by molar-refractivity contribution is 0.122. The summed E-state index contributed by atoms with van der Waals surface area (Å²) in [5.41, 5.74) is 7.28. The van der Waals surface area contributed by atoms with Gasteiger partial charge >= 0.3 is 0 Å². The van der Waals surface area contributed by atoms with E-state index in [2.05, 4.69) is 24.9 Å². The van der Waals surface area contributed by atoms with Crippen molar-refractivity contribution in [2.75, 3.05) is 36.9 Å². The number of nitrogen functional groups attached to an aromatic ring is 1. The second kappa shape index (κ2) is 5.93. The molecule has 0 atom stereocenters. The van der Waals surface area contributed by atoms with Crippen molar-refractivity contribution in [2.45, 2.75) is 0 Å². The molecule has 0 amide bonds. The molecule has 3 aromatic rings. The zero-order valence-electron chi connectivity index (χ0n) is 12.7. The van der Waals surface area contributed by atoms with Crippen LogP contribution in [0.15, 0.2) is 24.5 Å². The first-order chi connectivity index (χ1) is 11.7. The molecule has 1 aliphatic heterocycles. The van der Waals surface area contributed by atoms with E-state index in [1.54, 1.807) is 12.1 Å². The smallest absolute Gasteiger partial charge is 0.224 e. The van der Waals surface area contributed by atoms with Gasteiger partial charge in [-0.1, -0.05) is 0 Å². The average molecular weight is 327 g/mol. The summed E-state index contributed by atoms with van der Waals surface area (Å²) in [6.45, 7) is 2.52. The number of fused-ring (bicyclic) bond motifs is 1. The number of aromatic nitrogens is 5. The quantitative estimate of drug-likeness (QED) is 0.696. The van der Waals surface area contributed by atoms with E-state index in [1.165, 1.54) is 12.4 Å². The summed E-state index contributed by atoms with van der Waals surface area (Å²) in [5, 5.41) is 0. The van der Waals surface area contributed by atoms with E-state index >= 15 is 0 Å². The lowest BCUT2D eigenvalue weighted by Gasteiger charge is -2.28. The number of anilines is 2. The largest absolute Gasteiger partial charge is 0.378 e. The van der Waals surface area contributed by atoms with Crippen LogP contribution in [-0.2, 0) is 4.74 Å². The fraction of sp³-hybridized carbons (Fsp3) is 0.267. The molecule has 1 saturated heterocycles. The van der Waals surface area contributed by atoms with E-state index in [-0.39, 0.29) is 11.5 Å². The predicted octanol–water partition coefficient (Wildman–Crippen LogP) is 1.04. The molecule has 4 rings (SSSR count). The lowest BCUT2D eigenvalue weighted by atomic mass is 10.2. The van der Waals surface area contributed by atoms with Gasteiger partial charge < -0.3 is 15.4 Å². The molecule has 1 aliphatic rings. The van der Waals surface area contributed by atoms with Gasteiger partial charge in [0.25, 0.3) is 0 Å². The summed E-state index contributed by atoms with van der Waals surface area (Å²) in [6.07, 6.45) is 2.84. The number of rotatable bonds is 2. The Bertz CT molecular complexity index is 898. The standard InChI is InChI=1S/C15H14FN7O/c16-12-9(2-1-3-18-12)10-8-19-13-11(20-10)14(22-15(17)21-13)23-4-6-24-7-5-23/h1-3,8H,4-7H2,(H2,17,19,21,22). The fourth-order valence-electron chi connectivity index (χ4n) is 2.61. The van der Waals surface area contributed by atoms with Crippen molar-refractivity contribution in [2.24, 2.45) is 0 Å². The van der Waals surface area contributed by atoms with Gasteiger partial charge in [0.2, 0.25) is 11.9 Å². The number of nitrogens with zero attached hydrogens (tertiary/aromatic N) is 6. The van der Waals surface area contributed by atoms with Gasteiger partial charge in [-0.25, -0.2) is 15.0 Å². The highest BCUT2D eigenvalue weighted by atomic mass is 19.1. The minimum atomic E-state index is -0.601. The average Bonchev–Trinajstić information content (AvgIpc) is 2.62. The van der Waals surface area contributed by atoms with Gasteiger partial charge in [-0.3, -0.25) is 0 Å². The molecular formula is C15H14FN7O. The maximum absolute atomic E-state index is 13.9. The SMILES string of the molecule is Nc1nc(N2CCOCC2)c2nc(-c3cccnc3F)cnc2n1. The van der Waals surface area contributed by atoms with Crippen LogP contribution in [0, 0.1) is 5.95 Å². The topological polar surface area (TPSA) is 103 Å². The van der Waals surface area contributed by atoms with Crippen LogP contribution in [-0.4, -0.2) is 51.2 Å². The maximum atomic E-state index is 13.9. The Morgan fingerprint density at radius 1 is 1.12 bits per heavy atom. The number of hydrogen-bond donors (Lipinski definition) is 1. The molecule has 122 valence electrons. The molecular weight excluding hydrogens is 313 g/mol. The summed E-state index contributed by atoms with van der Waals surface area (Å²) in [6, 6.07) is 3.25. The third kappa shape index (κ3) is 2.58. The van der Waals surface area contributed by atoms with Crippen LogP contribution in [0.2, 0.25) is 0 Å². The third-order valence-electron chi connectivity index (χ3n) is 3.75. The summed E-state index contributed by atoms with van der Waals surface area (Å²) in [4.78, 5) is 22.9. The van der Waals surface area contributed by atoms with E-state index in [4.69, 9.17) is 10.5 Å². The maximum Gasteiger partial charge on any atom is 0.224 e. The molecule has 1 fully saturated rings. The minimum Gasteiger partial charge on any atom is -0.378 e. The molecule has 0 spiro atoms. The Kier molecular flexibility index (Phi) is 3.62. The molecule has 0 bridgehead atoms. The highest BCUT2D eigenvalue weighted by Gasteiger charge is 2.19. The van der Waals surface area contributed by atoms with Crippen molar-refractivity contribution in [3.8, 4) is 11.3 Å². The van der Waals surface area contributed by atoms with Crippen LogP contribution in [0.1, 0.15) is 0 Å². The highest BCUT2D eigenvalue weighted by molar-refractivity contribution is 5.85. The Balaban J connectivity index is 1.88. The number of hydrogen-bond acceptors (Lipinski definition) is 8. The second-order valence-electron chi connectivity index (χ2n) is 5.27. The van der Waals surface area contributed by atoms with Gasteiger partial charge in [0.05, 0.1) is 30.7 Å². The first-order valence-corrected chi connectivity index (χ1v) is 7.46. The van der Waals surface area contributed by atoms with E-state index in [0.29, 0.717) is 49.0 Å². The second-order valence-corrected chi connectivity index (χ2v) is 5.27. The molecule has 0 saturated carbocycles. The molecule has 9 heteroatoms. The number of ether oxygens (including phenoxy) is 1. The summed E-state index contributed by atoms with van der Waals surface area (Å²) in [5.74, 6) is 0.105. The van der Waals surface area contributed by atoms with Crippen molar-refractivity contribution in [3.05, 3.63) is 30.5 Å². The molecule has 0 aliphatic carbocycles. The van der Waals surface area contributed by atoms with E-state index in [9.17, 15) is 4.39 Å². The molecule has 2 N–H and O–H groups in total. The van der Waals surface area contributed by atoms with Crippen LogP contribution in [0.5, 0.6) is 0 Å². The van der Waals surface area contributed by atoms with Crippen molar-refractivity contribution in [1.82, 2.24) is 24.9 Å². The number of nitrogens with two attached hydrogens (primary N) is 1. The van der Waals surface area contributed by atoms with Gasteiger partial charge in [0.15, 0.2) is 17.0 Å².